The summed E-state index contributed by atoms with van der Waals surface area (Å²) in [5.74, 6) is 1.46. The second-order valence-corrected chi connectivity index (χ2v) is 5.37. The highest BCUT2D eigenvalue weighted by molar-refractivity contribution is 7.13. The number of benzene rings is 1. The van der Waals surface area contributed by atoms with Crippen molar-refractivity contribution in [2.75, 3.05) is 12.4 Å². The summed E-state index contributed by atoms with van der Waals surface area (Å²) >= 11 is 1.26. The van der Waals surface area contributed by atoms with Crippen molar-refractivity contribution >= 4 is 22.4 Å². The number of nitrogens with zero attached hydrogens (tertiary/aromatic N) is 4. The zero-order valence-corrected chi connectivity index (χ0v) is 13.0. The van der Waals surface area contributed by atoms with E-state index in [4.69, 9.17) is 9.26 Å². The van der Waals surface area contributed by atoms with Gasteiger partial charge in [-0.2, -0.15) is 4.98 Å². The first kappa shape index (κ1) is 15.1. The minimum atomic E-state index is -0.175. The average Bonchev–Trinajstić information content (AvgIpc) is 3.25. The van der Waals surface area contributed by atoms with E-state index in [0.717, 1.165) is 11.3 Å². The molecule has 23 heavy (non-hydrogen) atoms. The molecule has 2 aromatic heterocycles. The highest BCUT2D eigenvalue weighted by Gasteiger charge is 2.11. The third-order valence-corrected chi connectivity index (χ3v) is 3.60. The highest BCUT2D eigenvalue weighted by atomic mass is 32.1. The number of aromatic nitrogens is 4. The standard InChI is InChI=1S/C14H13N5O3S/c1-21-10-4-2-9(3-5-10)13-17-12(22-19-13)7-6-11(20)16-14-18-15-8-23-14/h2-5,8H,6-7H2,1H3,(H,16,18,20). The molecule has 3 aromatic rings. The molecule has 0 atom stereocenters. The molecule has 2 heterocycles. The average molecular weight is 331 g/mol. The lowest BCUT2D eigenvalue weighted by atomic mass is 10.2. The lowest BCUT2D eigenvalue weighted by Gasteiger charge is -1.99. The van der Waals surface area contributed by atoms with Crippen molar-refractivity contribution in [3.05, 3.63) is 35.7 Å². The van der Waals surface area contributed by atoms with Crippen molar-refractivity contribution in [1.29, 1.82) is 0 Å². The number of aryl methyl sites for hydroxylation is 1. The summed E-state index contributed by atoms with van der Waals surface area (Å²) in [4.78, 5) is 16.0. The Hall–Kier alpha value is -2.81. The van der Waals surface area contributed by atoms with Gasteiger partial charge in [0.1, 0.15) is 11.3 Å². The van der Waals surface area contributed by atoms with E-state index in [1.807, 2.05) is 24.3 Å². The number of rotatable bonds is 6. The molecule has 1 aromatic carbocycles. The van der Waals surface area contributed by atoms with Crippen LogP contribution in [-0.2, 0) is 11.2 Å². The van der Waals surface area contributed by atoms with Crippen LogP contribution in [0, 0.1) is 0 Å². The van der Waals surface area contributed by atoms with Gasteiger partial charge in [0.05, 0.1) is 7.11 Å². The van der Waals surface area contributed by atoms with Gasteiger partial charge in [-0.1, -0.05) is 16.5 Å². The molecule has 0 aliphatic heterocycles. The van der Waals surface area contributed by atoms with Crippen LogP contribution >= 0.6 is 11.3 Å². The van der Waals surface area contributed by atoms with Crippen LogP contribution in [0.3, 0.4) is 0 Å². The van der Waals surface area contributed by atoms with Crippen LogP contribution in [0.2, 0.25) is 0 Å². The number of carbonyl (C=O) groups is 1. The van der Waals surface area contributed by atoms with Crippen LogP contribution in [-0.4, -0.2) is 33.4 Å². The molecule has 9 heteroatoms. The highest BCUT2D eigenvalue weighted by Crippen LogP contribution is 2.20. The minimum Gasteiger partial charge on any atom is -0.497 e. The Morgan fingerprint density at radius 3 is 2.87 bits per heavy atom. The van der Waals surface area contributed by atoms with Gasteiger partial charge in [-0.15, -0.1) is 10.2 Å². The molecule has 0 saturated heterocycles. The van der Waals surface area contributed by atoms with Gasteiger partial charge in [-0.25, -0.2) is 0 Å². The monoisotopic (exact) mass is 331 g/mol. The van der Waals surface area contributed by atoms with Crippen molar-refractivity contribution in [3.8, 4) is 17.1 Å². The van der Waals surface area contributed by atoms with Gasteiger partial charge >= 0.3 is 0 Å². The van der Waals surface area contributed by atoms with Crippen molar-refractivity contribution in [1.82, 2.24) is 20.3 Å². The van der Waals surface area contributed by atoms with Crippen LogP contribution in [0.5, 0.6) is 5.75 Å². The molecule has 0 saturated carbocycles. The Bertz CT molecular complexity index is 770. The first-order valence-electron chi connectivity index (χ1n) is 6.77. The molecule has 0 radical (unpaired) electrons. The third-order valence-electron chi connectivity index (χ3n) is 2.99. The van der Waals surface area contributed by atoms with Gasteiger partial charge in [0.15, 0.2) is 0 Å². The van der Waals surface area contributed by atoms with Crippen molar-refractivity contribution in [2.45, 2.75) is 12.8 Å². The largest absolute Gasteiger partial charge is 0.497 e. The summed E-state index contributed by atoms with van der Waals surface area (Å²) in [7, 11) is 1.61. The SMILES string of the molecule is COc1ccc(-c2noc(CCC(=O)Nc3nncs3)n2)cc1. The molecule has 118 valence electrons. The quantitative estimate of drug-likeness (QED) is 0.738. The number of hydrogen-bond donors (Lipinski definition) is 1. The number of methoxy groups -OCH3 is 1. The summed E-state index contributed by atoms with van der Waals surface area (Å²) < 4.78 is 10.3. The Morgan fingerprint density at radius 2 is 2.17 bits per heavy atom. The fraction of sp³-hybridized carbons (Fsp3) is 0.214. The smallest absolute Gasteiger partial charge is 0.227 e. The van der Waals surface area contributed by atoms with E-state index < -0.39 is 0 Å². The van der Waals surface area contributed by atoms with Crippen molar-refractivity contribution in [3.63, 3.8) is 0 Å². The second-order valence-electron chi connectivity index (χ2n) is 4.53. The van der Waals surface area contributed by atoms with Gasteiger partial charge in [-0.3, -0.25) is 4.79 Å². The van der Waals surface area contributed by atoms with E-state index in [2.05, 4.69) is 25.7 Å². The Kier molecular flexibility index (Phi) is 4.57. The summed E-state index contributed by atoms with van der Waals surface area (Å²) in [5.41, 5.74) is 2.37. The van der Waals surface area contributed by atoms with E-state index in [0.29, 0.717) is 23.3 Å². The van der Waals surface area contributed by atoms with Gasteiger partial charge in [0, 0.05) is 18.4 Å². The number of nitrogens with one attached hydrogen (secondary N) is 1. The van der Waals surface area contributed by atoms with Crippen molar-refractivity contribution < 1.29 is 14.1 Å². The molecule has 0 fully saturated rings. The molecule has 0 spiro atoms. The number of amides is 1. The predicted octanol–water partition coefficient (Wildman–Crippen LogP) is 2.17. The van der Waals surface area contributed by atoms with Gasteiger partial charge in [0.25, 0.3) is 0 Å². The maximum absolute atomic E-state index is 11.8. The van der Waals surface area contributed by atoms with Crippen molar-refractivity contribution in [2.24, 2.45) is 0 Å². The van der Waals surface area contributed by atoms with Crippen LogP contribution in [0.4, 0.5) is 5.13 Å². The molecular formula is C14H13N5O3S. The van der Waals surface area contributed by atoms with E-state index in [-0.39, 0.29) is 12.3 Å². The lowest BCUT2D eigenvalue weighted by Crippen LogP contribution is -2.12. The molecule has 1 N–H and O–H groups in total. The van der Waals surface area contributed by atoms with Crippen LogP contribution in [0.1, 0.15) is 12.3 Å². The van der Waals surface area contributed by atoms with Crippen LogP contribution < -0.4 is 10.1 Å². The fourth-order valence-corrected chi connectivity index (χ4v) is 2.30. The van der Waals surface area contributed by atoms with Crippen LogP contribution in [0.15, 0.2) is 34.3 Å². The van der Waals surface area contributed by atoms with E-state index in [1.165, 1.54) is 11.3 Å². The Labute approximate surface area is 135 Å². The Balaban J connectivity index is 1.57. The number of hydrogen-bond acceptors (Lipinski definition) is 8. The Morgan fingerprint density at radius 1 is 1.35 bits per heavy atom. The minimum absolute atomic E-state index is 0.175. The first-order chi connectivity index (χ1) is 11.2. The topological polar surface area (TPSA) is 103 Å². The maximum Gasteiger partial charge on any atom is 0.227 e. The molecule has 0 aliphatic carbocycles. The number of carbonyl (C=O) groups excluding carboxylic acids is 1. The normalized spacial score (nSPS) is 10.5. The molecule has 0 bridgehead atoms. The molecule has 0 aliphatic rings. The molecule has 3 rings (SSSR count). The van der Waals surface area contributed by atoms with Gasteiger partial charge < -0.3 is 14.6 Å². The molecule has 0 unspecified atom stereocenters. The fourth-order valence-electron chi connectivity index (χ4n) is 1.84. The summed E-state index contributed by atoms with van der Waals surface area (Å²) in [6.07, 6.45) is 0.581. The van der Waals surface area contributed by atoms with Gasteiger partial charge in [0.2, 0.25) is 22.8 Å². The summed E-state index contributed by atoms with van der Waals surface area (Å²) in [6.45, 7) is 0. The maximum atomic E-state index is 11.8. The van der Waals surface area contributed by atoms with E-state index in [9.17, 15) is 4.79 Å². The molecule has 8 nitrogen and oxygen atoms in total. The molecular weight excluding hydrogens is 318 g/mol. The predicted molar refractivity (Wildman–Crippen MR) is 83.1 cm³/mol. The first-order valence-corrected chi connectivity index (χ1v) is 7.65. The zero-order chi connectivity index (χ0) is 16.1. The summed E-state index contributed by atoms with van der Waals surface area (Å²) in [5, 5.41) is 14.4. The number of anilines is 1. The second kappa shape index (κ2) is 6.97. The summed E-state index contributed by atoms with van der Waals surface area (Å²) in [6, 6.07) is 7.33. The third kappa shape index (κ3) is 3.89. The zero-order valence-electron chi connectivity index (χ0n) is 12.2. The lowest BCUT2D eigenvalue weighted by molar-refractivity contribution is -0.116. The van der Waals surface area contributed by atoms with Crippen LogP contribution in [0.25, 0.3) is 11.4 Å². The van der Waals surface area contributed by atoms with Gasteiger partial charge in [-0.05, 0) is 24.3 Å². The molecule has 1 amide bonds. The van der Waals surface area contributed by atoms with E-state index in [1.54, 1.807) is 12.6 Å². The van der Waals surface area contributed by atoms with E-state index >= 15 is 0 Å². The number of ether oxygens (including phenoxy) is 1.